The predicted molar refractivity (Wildman–Crippen MR) is 122 cm³/mol. The van der Waals surface area contributed by atoms with Gasteiger partial charge in [-0.3, -0.25) is 14.3 Å². The maximum Gasteiger partial charge on any atom is 0.439 e. The third-order valence-corrected chi connectivity index (χ3v) is 6.39. The average Bonchev–Trinajstić information content (AvgIpc) is 3.40. The first kappa shape index (κ1) is 21.3. The minimum Gasteiger partial charge on any atom is -0.366 e. The summed E-state index contributed by atoms with van der Waals surface area (Å²) >= 11 is 6.29. The van der Waals surface area contributed by atoms with Crippen LogP contribution in [0.25, 0.3) is 34.1 Å². The van der Waals surface area contributed by atoms with Crippen molar-refractivity contribution in [1.82, 2.24) is 29.7 Å². The van der Waals surface area contributed by atoms with Crippen molar-refractivity contribution in [1.29, 1.82) is 0 Å². The SMILES string of the molecule is C[C@H]1CC[C@H](Cn2cnc3nc(-c4noc(=O)[nH]4)nc(-c4cc(Cl)cc(C(N)=O)c4)c32)CC1. The second-order valence-corrected chi connectivity index (χ2v) is 9.06. The zero-order valence-corrected chi connectivity index (χ0v) is 18.7. The van der Waals surface area contributed by atoms with Crippen LogP contribution in [0.5, 0.6) is 0 Å². The van der Waals surface area contributed by atoms with Gasteiger partial charge >= 0.3 is 5.76 Å². The lowest BCUT2D eigenvalue weighted by atomic mass is 9.83. The Labute approximate surface area is 193 Å². The summed E-state index contributed by atoms with van der Waals surface area (Å²) in [4.78, 5) is 39.4. The quantitative estimate of drug-likeness (QED) is 0.457. The number of carbonyl (C=O) groups excluding carboxylic acids is 1. The van der Waals surface area contributed by atoms with Crippen LogP contribution in [0.15, 0.2) is 33.8 Å². The number of aromatic nitrogens is 6. The van der Waals surface area contributed by atoms with Gasteiger partial charge < -0.3 is 10.3 Å². The molecule has 0 bridgehead atoms. The fourth-order valence-corrected chi connectivity index (χ4v) is 4.64. The van der Waals surface area contributed by atoms with E-state index in [1.54, 1.807) is 18.5 Å². The molecule has 0 radical (unpaired) electrons. The van der Waals surface area contributed by atoms with Crippen molar-refractivity contribution in [2.45, 2.75) is 39.2 Å². The predicted octanol–water partition coefficient (Wildman–Crippen LogP) is 3.42. The zero-order chi connectivity index (χ0) is 23.1. The normalized spacial score (nSPS) is 18.6. The Morgan fingerprint density at radius 2 is 2.03 bits per heavy atom. The Morgan fingerprint density at radius 1 is 1.24 bits per heavy atom. The molecule has 170 valence electrons. The summed E-state index contributed by atoms with van der Waals surface area (Å²) in [5.74, 6) is 0.182. The molecule has 1 amide bonds. The van der Waals surface area contributed by atoms with Crippen LogP contribution < -0.4 is 11.5 Å². The van der Waals surface area contributed by atoms with Gasteiger partial charge in [-0.25, -0.2) is 19.7 Å². The van der Waals surface area contributed by atoms with Crippen LogP contribution in [0.4, 0.5) is 0 Å². The minimum absolute atomic E-state index is 0.0797. The highest BCUT2D eigenvalue weighted by atomic mass is 35.5. The van der Waals surface area contributed by atoms with Gasteiger partial charge in [-0.15, -0.1) is 0 Å². The molecule has 0 aliphatic heterocycles. The van der Waals surface area contributed by atoms with Gasteiger partial charge in [0.2, 0.25) is 17.6 Å². The summed E-state index contributed by atoms with van der Waals surface area (Å²) in [7, 11) is 0. The number of imidazole rings is 1. The molecule has 11 heteroatoms. The monoisotopic (exact) mass is 467 g/mol. The molecule has 4 aromatic rings. The van der Waals surface area contributed by atoms with Crippen molar-refractivity contribution in [2.24, 2.45) is 17.6 Å². The molecular weight excluding hydrogens is 446 g/mol. The van der Waals surface area contributed by atoms with Crippen LogP contribution in [-0.2, 0) is 6.54 Å². The molecule has 0 atom stereocenters. The average molecular weight is 468 g/mol. The van der Waals surface area contributed by atoms with E-state index in [1.165, 1.54) is 18.9 Å². The van der Waals surface area contributed by atoms with E-state index in [9.17, 15) is 9.59 Å². The molecule has 0 unspecified atom stereocenters. The molecule has 0 saturated heterocycles. The summed E-state index contributed by atoms with van der Waals surface area (Å²) in [5, 5.41) is 4.04. The van der Waals surface area contributed by atoms with Gasteiger partial charge in [0.15, 0.2) is 5.65 Å². The largest absolute Gasteiger partial charge is 0.439 e. The Kier molecular flexibility index (Phi) is 5.45. The number of H-pyrrole nitrogens is 1. The molecule has 3 heterocycles. The fourth-order valence-electron chi connectivity index (χ4n) is 4.41. The van der Waals surface area contributed by atoms with E-state index in [0.717, 1.165) is 25.3 Å². The number of primary amides is 1. The topological polar surface area (TPSA) is 146 Å². The molecule has 5 rings (SSSR count). The molecule has 1 fully saturated rings. The Hall–Kier alpha value is -3.53. The van der Waals surface area contributed by atoms with Gasteiger partial charge in [0.05, 0.1) is 6.33 Å². The van der Waals surface area contributed by atoms with E-state index in [4.69, 9.17) is 17.3 Å². The highest BCUT2D eigenvalue weighted by Crippen LogP contribution is 2.33. The Morgan fingerprint density at radius 3 is 2.73 bits per heavy atom. The lowest BCUT2D eigenvalue weighted by Crippen LogP contribution is -2.17. The highest BCUT2D eigenvalue weighted by molar-refractivity contribution is 6.31. The summed E-state index contributed by atoms with van der Waals surface area (Å²) in [6.07, 6.45) is 6.47. The molecule has 1 aliphatic carbocycles. The second-order valence-electron chi connectivity index (χ2n) is 8.63. The summed E-state index contributed by atoms with van der Waals surface area (Å²) in [6.45, 7) is 3.07. The summed E-state index contributed by atoms with van der Waals surface area (Å²) < 4.78 is 6.66. The van der Waals surface area contributed by atoms with Crippen molar-refractivity contribution in [3.8, 4) is 22.9 Å². The van der Waals surface area contributed by atoms with Gasteiger partial charge in [-0.2, -0.15) is 0 Å². The number of carbonyl (C=O) groups is 1. The standard InChI is InChI=1S/C22H22ClN7O3/c1-11-2-4-12(5-3-11)9-30-10-25-19-17(30)16(13-6-14(18(24)31)8-15(23)7-13)26-20(27-19)21-28-22(32)33-29-21/h6-8,10-12H,2-5,9H2,1H3,(H2,24,31)(H,28,29,32)/t11-,12-. The van der Waals surface area contributed by atoms with Gasteiger partial charge in [0, 0.05) is 22.7 Å². The van der Waals surface area contributed by atoms with E-state index in [0.29, 0.717) is 33.4 Å². The zero-order valence-electron chi connectivity index (χ0n) is 17.9. The molecule has 3 N–H and O–H groups in total. The first-order chi connectivity index (χ1) is 15.9. The van der Waals surface area contributed by atoms with Crippen LogP contribution in [0, 0.1) is 11.8 Å². The lowest BCUT2D eigenvalue weighted by molar-refractivity contribution is 0.100. The Bertz CT molecular complexity index is 1400. The smallest absolute Gasteiger partial charge is 0.366 e. The van der Waals surface area contributed by atoms with Crippen molar-refractivity contribution in [2.75, 3.05) is 0 Å². The number of nitrogens with zero attached hydrogens (tertiary/aromatic N) is 5. The van der Waals surface area contributed by atoms with Crippen molar-refractivity contribution in [3.63, 3.8) is 0 Å². The maximum atomic E-state index is 11.8. The number of hydrogen-bond acceptors (Lipinski definition) is 7. The number of nitrogens with one attached hydrogen (secondary N) is 1. The number of aromatic amines is 1. The molecule has 10 nitrogen and oxygen atoms in total. The third-order valence-electron chi connectivity index (χ3n) is 6.17. The van der Waals surface area contributed by atoms with Crippen molar-refractivity contribution >= 4 is 28.7 Å². The summed E-state index contributed by atoms with van der Waals surface area (Å²) in [6, 6.07) is 4.83. The highest BCUT2D eigenvalue weighted by Gasteiger charge is 2.23. The molecule has 1 aromatic carbocycles. The molecule has 3 aromatic heterocycles. The molecule has 0 spiro atoms. The van der Waals surface area contributed by atoms with Gasteiger partial charge in [-0.05, 0) is 42.9 Å². The van der Waals surface area contributed by atoms with Gasteiger partial charge in [0.25, 0.3) is 0 Å². The first-order valence-electron chi connectivity index (χ1n) is 10.8. The van der Waals surface area contributed by atoms with Crippen LogP contribution in [0.2, 0.25) is 5.02 Å². The van der Waals surface area contributed by atoms with E-state index >= 15 is 0 Å². The van der Waals surface area contributed by atoms with Crippen LogP contribution in [-0.4, -0.2) is 35.6 Å². The van der Waals surface area contributed by atoms with E-state index < -0.39 is 11.7 Å². The van der Waals surface area contributed by atoms with E-state index in [2.05, 4.69) is 36.5 Å². The third kappa shape index (κ3) is 4.25. The minimum atomic E-state index is -0.717. The number of nitrogens with two attached hydrogens (primary N) is 1. The fraction of sp³-hybridized carbons (Fsp3) is 0.364. The number of fused-ring (bicyclic) bond motifs is 1. The molecular formula is C22H22ClN7O3. The number of benzene rings is 1. The molecule has 1 saturated carbocycles. The van der Waals surface area contributed by atoms with Crippen molar-refractivity contribution < 1.29 is 9.32 Å². The van der Waals surface area contributed by atoms with Gasteiger partial charge in [-0.1, -0.05) is 36.5 Å². The van der Waals surface area contributed by atoms with Crippen LogP contribution >= 0.6 is 11.6 Å². The van der Waals surface area contributed by atoms with Gasteiger partial charge in [0.1, 0.15) is 11.2 Å². The molecule has 1 aliphatic rings. The second kappa shape index (κ2) is 8.43. The molecule has 33 heavy (non-hydrogen) atoms. The Balaban J connectivity index is 1.67. The number of rotatable bonds is 5. The number of halogens is 1. The summed E-state index contributed by atoms with van der Waals surface area (Å²) in [5.41, 5.74) is 7.98. The van der Waals surface area contributed by atoms with E-state index in [1.807, 2.05) is 4.57 Å². The van der Waals surface area contributed by atoms with Crippen LogP contribution in [0.3, 0.4) is 0 Å². The number of amides is 1. The lowest BCUT2D eigenvalue weighted by Gasteiger charge is -2.26. The maximum absolute atomic E-state index is 11.8. The van der Waals surface area contributed by atoms with Crippen molar-refractivity contribution in [3.05, 3.63) is 45.7 Å². The number of hydrogen-bond donors (Lipinski definition) is 2. The van der Waals surface area contributed by atoms with Crippen LogP contribution in [0.1, 0.15) is 43.0 Å². The van der Waals surface area contributed by atoms with E-state index in [-0.39, 0.29) is 17.2 Å². The first-order valence-corrected chi connectivity index (χ1v) is 11.1.